The second kappa shape index (κ2) is 4.78. The Hall–Kier alpha value is -2.17. The van der Waals surface area contributed by atoms with Crippen molar-refractivity contribution in [3.8, 4) is 11.3 Å². The van der Waals surface area contributed by atoms with Crippen molar-refractivity contribution in [2.75, 3.05) is 12.4 Å². The molecular weight excluding hydrogens is 221 g/mol. The normalized spacial score (nSPS) is 10.4. The molecule has 2 aromatic rings. The van der Waals surface area contributed by atoms with Crippen molar-refractivity contribution in [3.05, 3.63) is 46.8 Å². The molecule has 0 spiro atoms. The fourth-order valence-electron chi connectivity index (χ4n) is 1.54. The number of hydrogen-bond donors (Lipinski definition) is 1. The predicted molar refractivity (Wildman–Crippen MR) is 64.3 cm³/mol. The molecule has 0 amide bonds. The number of nitrogen functional groups attached to an aromatic ring is 1. The largest absolute Gasteiger partial charge is 0.399 e. The van der Waals surface area contributed by atoms with Gasteiger partial charge in [0.2, 0.25) is 0 Å². The van der Waals surface area contributed by atoms with E-state index in [0.29, 0.717) is 11.4 Å². The summed E-state index contributed by atoms with van der Waals surface area (Å²) in [7, 11) is 0. The molecule has 2 rings (SSSR count). The van der Waals surface area contributed by atoms with E-state index < -0.39 is 6.67 Å². The summed E-state index contributed by atoms with van der Waals surface area (Å²) in [6, 6.07) is 10.1. The molecule has 0 aliphatic rings. The van der Waals surface area contributed by atoms with Crippen LogP contribution in [-0.2, 0) is 6.54 Å². The Morgan fingerprint density at radius 1 is 1.29 bits per heavy atom. The smallest absolute Gasteiger partial charge is 0.266 e. The Bertz CT molecular complexity index is 580. The first-order valence-corrected chi connectivity index (χ1v) is 5.21. The number of hydrogen-bond acceptors (Lipinski definition) is 3. The number of halogens is 1. The van der Waals surface area contributed by atoms with E-state index in [1.54, 1.807) is 24.3 Å². The number of rotatable bonds is 3. The average Bonchev–Trinajstić information content (AvgIpc) is 2.32. The van der Waals surface area contributed by atoms with E-state index in [1.165, 1.54) is 6.07 Å². The maximum Gasteiger partial charge on any atom is 0.266 e. The van der Waals surface area contributed by atoms with Crippen LogP contribution in [0.5, 0.6) is 0 Å². The van der Waals surface area contributed by atoms with Crippen molar-refractivity contribution >= 4 is 5.69 Å². The van der Waals surface area contributed by atoms with Crippen LogP contribution in [0.1, 0.15) is 0 Å². The summed E-state index contributed by atoms with van der Waals surface area (Å²) >= 11 is 0. The molecule has 17 heavy (non-hydrogen) atoms. The van der Waals surface area contributed by atoms with Gasteiger partial charge < -0.3 is 5.73 Å². The second-order valence-electron chi connectivity index (χ2n) is 3.59. The van der Waals surface area contributed by atoms with Crippen LogP contribution in [-0.4, -0.2) is 16.5 Å². The molecule has 5 heteroatoms. The van der Waals surface area contributed by atoms with Gasteiger partial charge in [-0.25, -0.2) is 9.07 Å². The van der Waals surface area contributed by atoms with Crippen LogP contribution in [0.15, 0.2) is 41.2 Å². The summed E-state index contributed by atoms with van der Waals surface area (Å²) in [5.41, 5.74) is 7.38. The predicted octanol–water partition coefficient (Wildman–Crippen LogP) is 1.46. The van der Waals surface area contributed by atoms with Crippen LogP contribution >= 0.6 is 0 Å². The number of anilines is 1. The Kier molecular flexibility index (Phi) is 3.18. The van der Waals surface area contributed by atoms with Gasteiger partial charge in [0, 0.05) is 17.3 Å². The highest BCUT2D eigenvalue weighted by molar-refractivity contribution is 5.63. The molecule has 0 atom stereocenters. The Morgan fingerprint density at radius 2 is 2.12 bits per heavy atom. The number of nitrogens with two attached hydrogens (primary N) is 1. The quantitative estimate of drug-likeness (QED) is 0.816. The first-order valence-electron chi connectivity index (χ1n) is 5.21. The van der Waals surface area contributed by atoms with Gasteiger partial charge in [-0.1, -0.05) is 12.1 Å². The van der Waals surface area contributed by atoms with Crippen LogP contribution in [0.4, 0.5) is 10.1 Å². The van der Waals surface area contributed by atoms with Gasteiger partial charge in [-0.3, -0.25) is 4.79 Å². The molecule has 1 aromatic carbocycles. The van der Waals surface area contributed by atoms with Gasteiger partial charge >= 0.3 is 0 Å². The monoisotopic (exact) mass is 233 g/mol. The number of nitrogens with zero attached hydrogens (tertiary/aromatic N) is 2. The van der Waals surface area contributed by atoms with Crippen molar-refractivity contribution in [3.63, 3.8) is 0 Å². The molecular formula is C12H12FN3O. The van der Waals surface area contributed by atoms with Gasteiger partial charge in [-0.05, 0) is 18.2 Å². The van der Waals surface area contributed by atoms with E-state index in [2.05, 4.69) is 5.10 Å². The lowest BCUT2D eigenvalue weighted by Gasteiger charge is -2.05. The highest BCUT2D eigenvalue weighted by Gasteiger charge is 2.03. The lowest BCUT2D eigenvalue weighted by Crippen LogP contribution is -2.23. The van der Waals surface area contributed by atoms with E-state index in [4.69, 9.17) is 5.73 Å². The van der Waals surface area contributed by atoms with Gasteiger partial charge in [0.25, 0.3) is 5.56 Å². The highest BCUT2D eigenvalue weighted by atomic mass is 19.1. The molecule has 1 aromatic heterocycles. The van der Waals surface area contributed by atoms with Crippen molar-refractivity contribution < 1.29 is 4.39 Å². The number of alkyl halides is 1. The fraction of sp³-hybridized carbons (Fsp3) is 0.167. The van der Waals surface area contributed by atoms with E-state index in [9.17, 15) is 9.18 Å². The summed E-state index contributed by atoms with van der Waals surface area (Å²) in [6.45, 7) is -0.651. The van der Waals surface area contributed by atoms with Crippen LogP contribution in [0, 0.1) is 0 Å². The van der Waals surface area contributed by atoms with Crippen molar-refractivity contribution in [1.82, 2.24) is 9.78 Å². The maximum atomic E-state index is 12.2. The molecule has 0 bridgehead atoms. The third-order valence-corrected chi connectivity index (χ3v) is 2.35. The summed E-state index contributed by atoms with van der Waals surface area (Å²) < 4.78 is 13.3. The zero-order valence-corrected chi connectivity index (χ0v) is 9.14. The van der Waals surface area contributed by atoms with E-state index in [1.807, 2.05) is 6.07 Å². The molecule has 0 aliphatic carbocycles. The average molecular weight is 233 g/mol. The number of aromatic nitrogens is 2. The molecule has 88 valence electrons. The van der Waals surface area contributed by atoms with E-state index in [-0.39, 0.29) is 12.1 Å². The summed E-state index contributed by atoms with van der Waals surface area (Å²) in [6.07, 6.45) is 0. The van der Waals surface area contributed by atoms with Crippen LogP contribution in [0.2, 0.25) is 0 Å². The van der Waals surface area contributed by atoms with Gasteiger partial charge in [0.1, 0.15) is 6.67 Å². The van der Waals surface area contributed by atoms with Crippen LogP contribution in [0.25, 0.3) is 11.3 Å². The molecule has 0 radical (unpaired) electrons. The molecule has 0 saturated carbocycles. The Labute approximate surface area is 97.5 Å². The first kappa shape index (κ1) is 11.3. The molecule has 2 N–H and O–H groups in total. The minimum atomic E-state index is -0.618. The first-order chi connectivity index (χ1) is 8.20. The van der Waals surface area contributed by atoms with Gasteiger partial charge in [0.15, 0.2) is 0 Å². The zero-order chi connectivity index (χ0) is 12.3. The van der Waals surface area contributed by atoms with Gasteiger partial charge in [0.05, 0.1) is 12.2 Å². The van der Waals surface area contributed by atoms with Crippen molar-refractivity contribution in [1.29, 1.82) is 0 Å². The topological polar surface area (TPSA) is 60.9 Å². The highest BCUT2D eigenvalue weighted by Crippen LogP contribution is 2.17. The summed E-state index contributed by atoms with van der Waals surface area (Å²) in [4.78, 5) is 11.4. The SMILES string of the molecule is Nc1cccc(-c2ccc(=O)n(CCF)n2)c1. The van der Waals surface area contributed by atoms with Crippen LogP contribution < -0.4 is 11.3 Å². The lowest BCUT2D eigenvalue weighted by atomic mass is 10.1. The third kappa shape index (κ3) is 2.50. The molecule has 1 heterocycles. The van der Waals surface area contributed by atoms with Gasteiger partial charge in [-0.2, -0.15) is 5.10 Å². The fourth-order valence-corrected chi connectivity index (χ4v) is 1.54. The zero-order valence-electron chi connectivity index (χ0n) is 9.14. The third-order valence-electron chi connectivity index (χ3n) is 2.35. The van der Waals surface area contributed by atoms with E-state index >= 15 is 0 Å². The molecule has 0 aliphatic heterocycles. The number of aryl methyl sites for hydroxylation is 1. The molecule has 0 unspecified atom stereocenters. The summed E-state index contributed by atoms with van der Waals surface area (Å²) in [5.74, 6) is 0. The molecule has 4 nitrogen and oxygen atoms in total. The van der Waals surface area contributed by atoms with Crippen molar-refractivity contribution in [2.45, 2.75) is 6.54 Å². The standard InChI is InChI=1S/C12H12FN3O/c13-6-7-16-12(17)5-4-11(15-16)9-2-1-3-10(14)8-9/h1-5,8H,6-7,14H2. The lowest BCUT2D eigenvalue weighted by molar-refractivity contribution is 0.418. The Balaban J connectivity index is 2.46. The molecule has 0 fully saturated rings. The summed E-state index contributed by atoms with van der Waals surface area (Å²) in [5, 5.41) is 4.08. The Morgan fingerprint density at radius 3 is 2.82 bits per heavy atom. The number of benzene rings is 1. The van der Waals surface area contributed by atoms with Crippen molar-refractivity contribution in [2.24, 2.45) is 0 Å². The minimum absolute atomic E-state index is 0.0327. The van der Waals surface area contributed by atoms with Gasteiger partial charge in [-0.15, -0.1) is 0 Å². The minimum Gasteiger partial charge on any atom is -0.399 e. The van der Waals surface area contributed by atoms with Crippen LogP contribution in [0.3, 0.4) is 0 Å². The second-order valence-corrected chi connectivity index (χ2v) is 3.59. The molecule has 0 saturated heterocycles. The maximum absolute atomic E-state index is 12.2. The van der Waals surface area contributed by atoms with E-state index in [0.717, 1.165) is 10.2 Å².